The van der Waals surface area contributed by atoms with Crippen molar-refractivity contribution in [2.24, 2.45) is 0 Å². The van der Waals surface area contributed by atoms with Crippen molar-refractivity contribution in [2.75, 3.05) is 85.3 Å². The molecule has 0 fully saturated rings. The molecule has 36 heteroatoms. The van der Waals surface area contributed by atoms with Gasteiger partial charge in [-0.25, -0.2) is 51.2 Å². The van der Waals surface area contributed by atoms with Gasteiger partial charge in [0.05, 0.1) is 103 Å². The number of nitrogens with zero attached hydrogens (tertiary/aromatic N) is 8. The van der Waals surface area contributed by atoms with E-state index in [1.54, 1.807) is 154 Å². The number of sulfonamides is 4. The van der Waals surface area contributed by atoms with Crippen molar-refractivity contribution in [3.63, 3.8) is 0 Å². The average molecular weight is 2050 g/mol. The number of rotatable bonds is 44. The van der Waals surface area contributed by atoms with Crippen molar-refractivity contribution in [3.8, 4) is 70.3 Å². The van der Waals surface area contributed by atoms with E-state index in [9.17, 15) is 72.3 Å². The lowest BCUT2D eigenvalue weighted by Gasteiger charge is -2.30. The van der Waals surface area contributed by atoms with Gasteiger partial charge < -0.3 is 56.8 Å². The molecule has 0 aromatic heterocycles. The molecule has 0 aliphatic heterocycles. The van der Waals surface area contributed by atoms with E-state index in [1.807, 2.05) is 121 Å². The van der Waals surface area contributed by atoms with Gasteiger partial charge in [0.2, 0.25) is 40.1 Å². The minimum atomic E-state index is -3.98. The molecule has 0 N–H and O–H groups in total. The van der Waals surface area contributed by atoms with Crippen LogP contribution < -0.4 is 37.9 Å². The van der Waals surface area contributed by atoms with Gasteiger partial charge in [-0.2, -0.15) is 38.3 Å². The number of ether oxygens (including phenoxy) is 12. The Kier molecular flexibility index (Phi) is 42.7. The molecule has 0 radical (unpaired) electrons. The maximum atomic E-state index is 14.0. The highest BCUT2D eigenvalue weighted by molar-refractivity contribution is 7.90. The number of halogens is 4. The quantitative estimate of drug-likeness (QED) is 0.0320. The summed E-state index contributed by atoms with van der Waals surface area (Å²) in [6.07, 6.45) is -3.95. The van der Waals surface area contributed by atoms with Crippen LogP contribution in [0.15, 0.2) is 267 Å². The van der Waals surface area contributed by atoms with Crippen molar-refractivity contribution in [1.82, 2.24) is 17.2 Å². The summed E-state index contributed by atoms with van der Waals surface area (Å²) in [7, 11) is 2.07. The van der Waals surface area contributed by atoms with Crippen molar-refractivity contribution in [1.29, 1.82) is 21.0 Å². The summed E-state index contributed by atoms with van der Waals surface area (Å²) in [5, 5.41) is 33.7. The molecule has 0 heterocycles. The number of methoxy groups -OCH3 is 12. The molecule has 144 heavy (non-hydrogen) atoms. The molecule has 0 bridgehead atoms. The van der Waals surface area contributed by atoms with Crippen LogP contribution in [0.25, 0.3) is 0 Å². The number of benzene rings is 12. The third-order valence-corrected chi connectivity index (χ3v) is 32.6. The lowest BCUT2D eigenvalue weighted by molar-refractivity contribution is 0.1000. The highest BCUT2D eigenvalue weighted by Crippen LogP contribution is 2.39. The standard InChI is InChI=1S/4C27H29FN2O5S/c4*1-19(27(35-4)26-14-9-23(28)15-22(26)16-29)36(31,32)30(17-20-5-10-24(33-2)11-6-20)18-21-7-12-25(34-3)13-8-21/h4*5-15,19,27H,17-18H2,1-4H3/t2*19-,27+;2*19-,27-/m1010/s1. The predicted molar refractivity (Wildman–Crippen MR) is 538 cm³/mol. The van der Waals surface area contributed by atoms with Crippen molar-refractivity contribution in [3.05, 3.63) is 379 Å². The first kappa shape index (κ1) is 114. The Bertz CT molecular complexity index is 5850. The fourth-order valence-corrected chi connectivity index (χ4v) is 22.6. The molecule has 0 aliphatic carbocycles. The zero-order valence-electron chi connectivity index (χ0n) is 82.6. The van der Waals surface area contributed by atoms with Crippen LogP contribution >= 0.6 is 0 Å². The fraction of sp³-hybridized carbons (Fsp3) is 0.296. The number of hydrogen-bond donors (Lipinski definition) is 0. The third kappa shape index (κ3) is 30.2. The Morgan fingerprint density at radius 1 is 0.222 bits per heavy atom. The Balaban J connectivity index is 0.000000214. The molecule has 12 aromatic rings. The Labute approximate surface area is 841 Å². The molecule has 12 aromatic carbocycles. The summed E-state index contributed by atoms with van der Waals surface area (Å²) in [6.45, 7) is 6.96. The molecular formula is C108H116F4N8O20S4. The molecule has 0 saturated heterocycles. The Morgan fingerprint density at radius 3 is 0.451 bits per heavy atom. The first-order valence-electron chi connectivity index (χ1n) is 44.8. The van der Waals surface area contributed by atoms with Gasteiger partial charge >= 0.3 is 0 Å². The number of hydrogen-bond acceptors (Lipinski definition) is 24. The smallest absolute Gasteiger partial charge is 0.220 e. The van der Waals surface area contributed by atoms with E-state index in [0.29, 0.717) is 68.2 Å². The molecule has 0 unspecified atom stereocenters. The molecule has 0 aliphatic rings. The van der Waals surface area contributed by atoms with Gasteiger partial charge in [-0.05, 0) is 218 Å². The van der Waals surface area contributed by atoms with Gasteiger partial charge in [-0.3, -0.25) is 0 Å². The van der Waals surface area contributed by atoms with Crippen LogP contribution in [-0.4, -0.2) is 157 Å². The summed E-state index contributed by atoms with van der Waals surface area (Å²) >= 11 is 0. The summed E-state index contributed by atoms with van der Waals surface area (Å²) in [4.78, 5) is 0. The normalized spacial score (nSPS) is 13.1. The van der Waals surface area contributed by atoms with Gasteiger partial charge in [0, 0.05) is 103 Å². The summed E-state index contributed by atoms with van der Waals surface area (Å²) in [5.41, 5.74) is 7.53. The van der Waals surface area contributed by atoms with E-state index in [0.717, 1.165) is 68.8 Å². The van der Waals surface area contributed by atoms with E-state index in [4.69, 9.17) is 56.8 Å². The third-order valence-electron chi connectivity index (χ3n) is 24.0. The lowest BCUT2D eigenvalue weighted by atomic mass is 10.0. The second kappa shape index (κ2) is 54.1. The fourth-order valence-electron chi connectivity index (χ4n) is 15.8. The van der Waals surface area contributed by atoms with Crippen molar-refractivity contribution < 1.29 is 108 Å². The Morgan fingerprint density at radius 2 is 0.347 bits per heavy atom. The van der Waals surface area contributed by atoms with Crippen LogP contribution in [0, 0.1) is 68.6 Å². The predicted octanol–water partition coefficient (Wildman–Crippen LogP) is 19.3. The van der Waals surface area contributed by atoms with Gasteiger partial charge in [0.25, 0.3) is 0 Å². The molecule has 8 atom stereocenters. The second-order valence-corrected chi connectivity index (χ2v) is 42.0. The molecule has 0 amide bonds. The van der Waals surface area contributed by atoms with E-state index in [2.05, 4.69) is 0 Å². The van der Waals surface area contributed by atoms with Gasteiger partial charge in [0.15, 0.2) is 0 Å². The van der Waals surface area contributed by atoms with Crippen LogP contribution in [0.2, 0.25) is 0 Å². The number of nitriles is 4. The highest BCUT2D eigenvalue weighted by atomic mass is 32.2. The van der Waals surface area contributed by atoms with Crippen LogP contribution in [-0.2, 0) is 111 Å². The van der Waals surface area contributed by atoms with Crippen LogP contribution in [0.3, 0.4) is 0 Å². The molecule has 0 spiro atoms. The van der Waals surface area contributed by atoms with Crippen molar-refractivity contribution in [2.45, 2.75) is 125 Å². The molecule has 760 valence electrons. The zero-order chi connectivity index (χ0) is 105. The first-order chi connectivity index (χ1) is 68.9. The largest absolute Gasteiger partial charge is 0.497 e. The SMILES string of the molecule is COc1ccc(CN(Cc2ccc(OC)cc2)S(=O)(=O)[C@@H](C)[C@@H](OC)c2ccc(F)cc2C#N)cc1.COc1ccc(CN(Cc2ccc(OC)cc2)S(=O)(=O)[C@@H](C)[C@H](OC)c2ccc(F)cc2C#N)cc1.COc1ccc(CN(Cc2ccc(OC)cc2)S(=O)(=O)[C@H](C)[C@@H](OC)c2ccc(F)cc2C#N)cc1.COc1ccc(CN(Cc2ccc(OC)cc2)S(=O)(=O)[C@H](C)[C@H](OC)c2ccc(F)cc2C#N)cc1. The summed E-state index contributed by atoms with van der Waals surface area (Å²) in [5.74, 6) is 2.98. The zero-order valence-corrected chi connectivity index (χ0v) is 85.8. The minimum Gasteiger partial charge on any atom is -0.497 e. The average Bonchev–Trinajstić information content (AvgIpc) is 0.793. The van der Waals surface area contributed by atoms with Gasteiger partial charge in [-0.15, -0.1) is 0 Å². The maximum absolute atomic E-state index is 14.0. The van der Waals surface area contributed by atoms with Crippen LogP contribution in [0.5, 0.6) is 46.0 Å². The minimum absolute atomic E-state index is 0.0285. The summed E-state index contributed by atoms with van der Waals surface area (Å²) < 4.78 is 236. The maximum Gasteiger partial charge on any atom is 0.220 e. The van der Waals surface area contributed by atoms with E-state index < -0.39 is 109 Å². The summed E-state index contributed by atoms with van der Waals surface area (Å²) in [6, 6.07) is 79.6. The van der Waals surface area contributed by atoms with E-state index in [1.165, 1.54) is 122 Å². The van der Waals surface area contributed by atoms with E-state index >= 15 is 0 Å². The van der Waals surface area contributed by atoms with E-state index in [-0.39, 0.29) is 74.6 Å². The molecule has 28 nitrogen and oxygen atoms in total. The lowest BCUT2D eigenvalue weighted by Crippen LogP contribution is -2.40. The van der Waals surface area contributed by atoms with Crippen LogP contribution in [0.1, 0.15) is 141 Å². The van der Waals surface area contributed by atoms with Crippen LogP contribution in [0.4, 0.5) is 17.6 Å². The molecule has 0 saturated carbocycles. The molecule has 12 rings (SSSR count). The second-order valence-electron chi connectivity index (χ2n) is 32.9. The monoisotopic (exact) mass is 2050 g/mol. The topological polar surface area (TPSA) is 355 Å². The van der Waals surface area contributed by atoms with Crippen molar-refractivity contribution >= 4 is 40.1 Å². The first-order valence-corrected chi connectivity index (χ1v) is 50.8. The van der Waals surface area contributed by atoms with Gasteiger partial charge in [0.1, 0.15) is 115 Å². The highest BCUT2D eigenvalue weighted by Gasteiger charge is 2.42. The van der Waals surface area contributed by atoms with Gasteiger partial charge in [-0.1, -0.05) is 121 Å². The Hall–Kier alpha value is -13.8. The molecular weight excluding hydrogens is 1930 g/mol.